The second-order valence-corrected chi connectivity index (χ2v) is 5.70. The molecule has 146 valence electrons. The molecule has 7 heteroatoms. The van der Waals surface area contributed by atoms with Gasteiger partial charge in [0.1, 0.15) is 12.3 Å². The molecule has 28 heavy (non-hydrogen) atoms. The van der Waals surface area contributed by atoms with E-state index in [-0.39, 0.29) is 19.0 Å². The van der Waals surface area contributed by atoms with Crippen molar-refractivity contribution in [2.45, 2.75) is 0 Å². The van der Waals surface area contributed by atoms with Crippen LogP contribution in [0.5, 0.6) is 5.75 Å². The first kappa shape index (κ1) is 20.7. The number of esters is 1. The number of nitrogens with zero attached hydrogens (tertiary/aromatic N) is 1. The number of benzene rings is 2. The molecule has 0 heterocycles. The van der Waals surface area contributed by atoms with E-state index in [4.69, 9.17) is 9.47 Å². The fourth-order valence-corrected chi connectivity index (χ4v) is 2.36. The number of para-hydroxylation sites is 1. The number of hydrogen-bond donors (Lipinski definition) is 1. The first-order chi connectivity index (χ1) is 13.5. The normalized spacial score (nSPS) is 9.89. The number of methoxy groups -OCH3 is 1. The minimum atomic E-state index is -0.707. The van der Waals surface area contributed by atoms with E-state index in [0.29, 0.717) is 17.0 Å². The highest BCUT2D eigenvalue weighted by Gasteiger charge is 2.17. The topological polar surface area (TPSA) is 84.9 Å². The van der Waals surface area contributed by atoms with Crippen LogP contribution in [0.4, 0.5) is 5.69 Å². The molecule has 2 rings (SSSR count). The van der Waals surface area contributed by atoms with E-state index in [1.807, 2.05) is 6.07 Å². The maximum Gasteiger partial charge on any atom is 0.325 e. The Kier molecular flexibility index (Phi) is 7.77. The van der Waals surface area contributed by atoms with Crippen LogP contribution < -0.4 is 15.0 Å². The van der Waals surface area contributed by atoms with Crippen molar-refractivity contribution in [1.82, 2.24) is 5.32 Å². The highest BCUT2D eigenvalue weighted by Crippen LogP contribution is 2.13. The van der Waals surface area contributed by atoms with Crippen molar-refractivity contribution in [3.63, 3.8) is 0 Å². The average molecular weight is 382 g/mol. The summed E-state index contributed by atoms with van der Waals surface area (Å²) in [5.41, 5.74) is 1.06. The van der Waals surface area contributed by atoms with E-state index in [2.05, 4.69) is 11.9 Å². The molecule has 0 aromatic heterocycles. The van der Waals surface area contributed by atoms with Crippen molar-refractivity contribution in [2.75, 3.05) is 31.7 Å². The predicted molar refractivity (Wildman–Crippen MR) is 105 cm³/mol. The summed E-state index contributed by atoms with van der Waals surface area (Å²) >= 11 is 0. The average Bonchev–Trinajstić information content (AvgIpc) is 2.74. The number of nitrogens with one attached hydrogen (secondary N) is 1. The summed E-state index contributed by atoms with van der Waals surface area (Å²) in [5, 5.41) is 2.45. The first-order valence-corrected chi connectivity index (χ1v) is 8.59. The second kappa shape index (κ2) is 10.5. The highest BCUT2D eigenvalue weighted by atomic mass is 16.5. The highest BCUT2D eigenvalue weighted by molar-refractivity contribution is 5.97. The third kappa shape index (κ3) is 5.98. The molecule has 0 unspecified atom stereocenters. The molecule has 0 saturated heterocycles. The summed E-state index contributed by atoms with van der Waals surface area (Å²) in [6.07, 6.45) is 1.59. The molecule has 2 aromatic rings. The number of carbonyl (C=O) groups is 3. The summed E-state index contributed by atoms with van der Waals surface area (Å²) in [6.45, 7) is 3.15. The van der Waals surface area contributed by atoms with E-state index in [1.54, 1.807) is 54.6 Å². The molecule has 0 aliphatic rings. The van der Waals surface area contributed by atoms with Gasteiger partial charge in [0.25, 0.3) is 11.8 Å². The molecule has 0 radical (unpaired) electrons. The number of amides is 2. The van der Waals surface area contributed by atoms with Gasteiger partial charge in [-0.3, -0.25) is 14.4 Å². The van der Waals surface area contributed by atoms with Gasteiger partial charge in [-0.05, 0) is 36.4 Å². The Hall–Kier alpha value is -3.61. The van der Waals surface area contributed by atoms with E-state index in [1.165, 1.54) is 12.0 Å². The van der Waals surface area contributed by atoms with E-state index in [9.17, 15) is 14.4 Å². The maximum atomic E-state index is 12.4. The molecule has 0 spiro atoms. The molecule has 1 N–H and O–H groups in total. The summed E-state index contributed by atoms with van der Waals surface area (Å²) in [7, 11) is 1.53. The molecule has 0 fully saturated rings. The van der Waals surface area contributed by atoms with Gasteiger partial charge in [-0.15, -0.1) is 6.58 Å². The SMILES string of the molecule is C=CCN(C(=O)COC(=O)CNC(=O)c1ccc(OC)cc1)c1ccccc1. The van der Waals surface area contributed by atoms with Gasteiger partial charge in [0.05, 0.1) is 7.11 Å². The van der Waals surface area contributed by atoms with Crippen molar-refractivity contribution >= 4 is 23.5 Å². The molecular weight excluding hydrogens is 360 g/mol. The van der Waals surface area contributed by atoms with Crippen LogP contribution in [-0.4, -0.2) is 44.6 Å². The third-order valence-corrected chi connectivity index (χ3v) is 3.78. The molecule has 0 aliphatic heterocycles. The van der Waals surface area contributed by atoms with Gasteiger partial charge < -0.3 is 19.7 Å². The molecule has 0 atom stereocenters. The predicted octanol–water partition coefficient (Wildman–Crippen LogP) is 2.19. The zero-order valence-corrected chi connectivity index (χ0v) is 15.6. The lowest BCUT2D eigenvalue weighted by atomic mass is 10.2. The van der Waals surface area contributed by atoms with Crippen LogP contribution in [-0.2, 0) is 14.3 Å². The van der Waals surface area contributed by atoms with Crippen LogP contribution in [0.1, 0.15) is 10.4 Å². The Labute approximate surface area is 163 Å². The standard InChI is InChI=1S/C21H22N2O5/c1-3-13-23(17-7-5-4-6-8-17)19(24)15-28-20(25)14-22-21(26)16-9-11-18(27-2)12-10-16/h3-12H,1,13-15H2,2H3,(H,22,26). The molecule has 0 aliphatic carbocycles. The lowest BCUT2D eigenvalue weighted by molar-refractivity contribution is -0.146. The Morgan fingerprint density at radius 1 is 1.07 bits per heavy atom. The van der Waals surface area contributed by atoms with Crippen molar-refractivity contribution in [1.29, 1.82) is 0 Å². The quantitative estimate of drug-likeness (QED) is 0.531. The van der Waals surface area contributed by atoms with E-state index >= 15 is 0 Å². The summed E-state index contributed by atoms with van der Waals surface area (Å²) in [4.78, 5) is 37.7. The number of anilines is 1. The van der Waals surface area contributed by atoms with E-state index < -0.39 is 18.5 Å². The van der Waals surface area contributed by atoms with Gasteiger partial charge in [0, 0.05) is 17.8 Å². The molecule has 0 saturated carbocycles. The molecule has 7 nitrogen and oxygen atoms in total. The van der Waals surface area contributed by atoms with Crippen LogP contribution >= 0.6 is 0 Å². The smallest absolute Gasteiger partial charge is 0.325 e. The van der Waals surface area contributed by atoms with Crippen LogP contribution in [0, 0.1) is 0 Å². The van der Waals surface area contributed by atoms with Crippen molar-refractivity contribution in [2.24, 2.45) is 0 Å². The van der Waals surface area contributed by atoms with Gasteiger partial charge in [0.2, 0.25) is 0 Å². The zero-order valence-electron chi connectivity index (χ0n) is 15.6. The van der Waals surface area contributed by atoms with Crippen molar-refractivity contribution in [3.8, 4) is 5.75 Å². The summed E-state index contributed by atoms with van der Waals surface area (Å²) in [5.74, 6) is -0.900. The monoisotopic (exact) mass is 382 g/mol. The summed E-state index contributed by atoms with van der Waals surface area (Å²) in [6, 6.07) is 15.4. The van der Waals surface area contributed by atoms with Crippen molar-refractivity contribution in [3.05, 3.63) is 72.8 Å². The zero-order chi connectivity index (χ0) is 20.4. The number of carbonyl (C=O) groups excluding carboxylic acids is 3. The minimum absolute atomic E-state index is 0.286. The Morgan fingerprint density at radius 3 is 2.36 bits per heavy atom. The molecule has 2 aromatic carbocycles. The van der Waals surface area contributed by atoms with Crippen LogP contribution in [0.15, 0.2) is 67.3 Å². The number of rotatable bonds is 9. The Bertz CT molecular complexity index is 818. The van der Waals surface area contributed by atoms with Crippen LogP contribution in [0.25, 0.3) is 0 Å². The van der Waals surface area contributed by atoms with Crippen LogP contribution in [0.2, 0.25) is 0 Å². The van der Waals surface area contributed by atoms with Gasteiger partial charge in [0.15, 0.2) is 6.61 Å². The van der Waals surface area contributed by atoms with Crippen molar-refractivity contribution < 1.29 is 23.9 Å². The van der Waals surface area contributed by atoms with Crippen LogP contribution in [0.3, 0.4) is 0 Å². The summed E-state index contributed by atoms with van der Waals surface area (Å²) < 4.78 is 10.00. The molecule has 2 amide bonds. The largest absolute Gasteiger partial charge is 0.497 e. The lowest BCUT2D eigenvalue weighted by Crippen LogP contribution is -2.37. The molecule has 0 bridgehead atoms. The third-order valence-electron chi connectivity index (χ3n) is 3.78. The second-order valence-electron chi connectivity index (χ2n) is 5.70. The maximum absolute atomic E-state index is 12.4. The van der Waals surface area contributed by atoms with Gasteiger partial charge in [-0.1, -0.05) is 24.3 Å². The number of ether oxygens (including phenoxy) is 2. The lowest BCUT2D eigenvalue weighted by Gasteiger charge is -2.21. The Balaban J connectivity index is 1.82. The number of hydrogen-bond acceptors (Lipinski definition) is 5. The fraction of sp³-hybridized carbons (Fsp3) is 0.190. The van der Waals surface area contributed by atoms with Gasteiger partial charge >= 0.3 is 5.97 Å². The van der Waals surface area contributed by atoms with Gasteiger partial charge in [-0.25, -0.2) is 0 Å². The first-order valence-electron chi connectivity index (χ1n) is 8.59. The fourth-order valence-electron chi connectivity index (χ4n) is 2.36. The molecular formula is C21H22N2O5. The Morgan fingerprint density at radius 2 is 1.75 bits per heavy atom. The minimum Gasteiger partial charge on any atom is -0.497 e. The van der Waals surface area contributed by atoms with E-state index in [0.717, 1.165) is 0 Å². The van der Waals surface area contributed by atoms with Gasteiger partial charge in [-0.2, -0.15) is 0 Å².